The molecule has 1 aliphatic carbocycles. The molecule has 2 N–H and O–H groups in total. The molecule has 0 bridgehead atoms. The summed E-state index contributed by atoms with van der Waals surface area (Å²) in [6.45, 7) is -0.901. The van der Waals surface area contributed by atoms with Crippen LogP contribution in [0.1, 0.15) is 48.0 Å². The number of amides is 2. The Morgan fingerprint density at radius 3 is 2.48 bits per heavy atom. The topological polar surface area (TPSA) is 117 Å². The second-order valence-electron chi connectivity index (χ2n) is 10.1. The normalized spacial score (nSPS) is 21.1. The van der Waals surface area contributed by atoms with E-state index in [1.807, 2.05) is 4.98 Å². The zero-order valence-electron chi connectivity index (χ0n) is 21.0. The SMILES string of the molecule is O=C(NC(c1ccccc1)c1ccc(C2CC(F)(F)C2)c(F)n1)C1CC(F)CN1C(=O)Cn1ccc(=O)[nH]c1=O. The molecule has 1 aliphatic heterocycles. The van der Waals surface area contributed by atoms with Gasteiger partial charge in [0.05, 0.1) is 18.3 Å². The number of benzene rings is 1. The van der Waals surface area contributed by atoms with Crippen molar-refractivity contribution < 1.29 is 27.2 Å². The van der Waals surface area contributed by atoms with Gasteiger partial charge in [-0.05, 0) is 17.5 Å². The van der Waals surface area contributed by atoms with Crippen molar-refractivity contribution in [2.45, 2.75) is 55.9 Å². The van der Waals surface area contributed by atoms with Crippen LogP contribution in [0.3, 0.4) is 0 Å². The van der Waals surface area contributed by atoms with Crippen LogP contribution in [0.15, 0.2) is 64.3 Å². The maximum atomic E-state index is 15.0. The zero-order chi connectivity index (χ0) is 28.6. The van der Waals surface area contributed by atoms with Gasteiger partial charge in [-0.3, -0.25) is 23.9 Å². The fourth-order valence-electron chi connectivity index (χ4n) is 5.13. The van der Waals surface area contributed by atoms with Gasteiger partial charge in [-0.2, -0.15) is 4.39 Å². The van der Waals surface area contributed by atoms with Crippen molar-refractivity contribution >= 4 is 11.8 Å². The first-order valence-electron chi connectivity index (χ1n) is 12.6. The number of aromatic nitrogens is 3. The van der Waals surface area contributed by atoms with Crippen LogP contribution in [0, 0.1) is 5.95 Å². The van der Waals surface area contributed by atoms with Gasteiger partial charge in [-0.15, -0.1) is 0 Å². The van der Waals surface area contributed by atoms with Gasteiger partial charge in [0, 0.05) is 37.1 Å². The number of hydrogen-bond acceptors (Lipinski definition) is 5. The van der Waals surface area contributed by atoms with E-state index in [9.17, 15) is 36.7 Å². The third-order valence-electron chi connectivity index (χ3n) is 7.22. The summed E-state index contributed by atoms with van der Waals surface area (Å²) >= 11 is 0. The predicted molar refractivity (Wildman–Crippen MR) is 134 cm³/mol. The summed E-state index contributed by atoms with van der Waals surface area (Å²) in [6.07, 6.45) is -1.61. The number of H-pyrrole nitrogens is 1. The second kappa shape index (κ2) is 10.7. The van der Waals surface area contributed by atoms with Crippen LogP contribution in [-0.4, -0.2) is 55.9 Å². The van der Waals surface area contributed by atoms with Gasteiger partial charge in [0.1, 0.15) is 18.8 Å². The smallest absolute Gasteiger partial charge is 0.328 e. The molecule has 0 spiro atoms. The van der Waals surface area contributed by atoms with E-state index in [1.165, 1.54) is 12.1 Å². The number of rotatable bonds is 7. The van der Waals surface area contributed by atoms with E-state index >= 15 is 0 Å². The summed E-state index contributed by atoms with van der Waals surface area (Å²) in [5.74, 6) is -5.84. The molecule has 3 atom stereocenters. The molecule has 40 heavy (non-hydrogen) atoms. The highest BCUT2D eigenvalue weighted by Crippen LogP contribution is 2.48. The summed E-state index contributed by atoms with van der Waals surface area (Å²) in [7, 11) is 0. The average Bonchev–Trinajstić information content (AvgIpc) is 3.30. The van der Waals surface area contributed by atoms with Gasteiger partial charge < -0.3 is 10.2 Å². The van der Waals surface area contributed by atoms with E-state index in [2.05, 4.69) is 10.3 Å². The monoisotopic (exact) mass is 559 g/mol. The minimum Gasteiger partial charge on any atom is -0.342 e. The van der Waals surface area contributed by atoms with Gasteiger partial charge in [-0.25, -0.2) is 22.9 Å². The van der Waals surface area contributed by atoms with E-state index < -0.39 is 78.5 Å². The molecule has 1 saturated carbocycles. The standard InChI is InChI=1S/C27H25F4N5O4/c28-17-10-20(36(13-17)22(38)14-35-9-8-21(37)33-26(35)40)25(39)34-23(15-4-2-1-3-5-15)19-7-6-18(24(29)32-19)16-11-27(30,31)12-16/h1-9,16-17,20,23H,10-14H2,(H,34,39)(H,33,37,40). The maximum Gasteiger partial charge on any atom is 0.328 e. The lowest BCUT2D eigenvalue weighted by Gasteiger charge is -2.35. The lowest BCUT2D eigenvalue weighted by molar-refractivity contribution is -0.139. The van der Waals surface area contributed by atoms with E-state index in [0.717, 1.165) is 21.7 Å². The molecule has 13 heteroatoms. The summed E-state index contributed by atoms with van der Waals surface area (Å²) in [4.78, 5) is 56.7. The fourth-order valence-corrected chi connectivity index (χ4v) is 5.13. The molecule has 3 unspecified atom stereocenters. The number of hydrogen-bond donors (Lipinski definition) is 2. The Hall–Kier alpha value is -4.29. The number of nitrogens with one attached hydrogen (secondary N) is 2. The molecule has 2 amide bonds. The Morgan fingerprint density at radius 1 is 1.10 bits per heavy atom. The summed E-state index contributed by atoms with van der Waals surface area (Å²) in [5.41, 5.74) is -0.786. The molecule has 1 aromatic carbocycles. The Balaban J connectivity index is 1.37. The van der Waals surface area contributed by atoms with E-state index in [1.54, 1.807) is 30.3 Å². The van der Waals surface area contributed by atoms with Crippen molar-refractivity contribution in [3.8, 4) is 0 Å². The maximum absolute atomic E-state index is 15.0. The van der Waals surface area contributed by atoms with Gasteiger partial charge in [0.15, 0.2) is 0 Å². The number of alkyl halides is 3. The number of pyridine rings is 1. The average molecular weight is 560 g/mol. The van der Waals surface area contributed by atoms with Crippen molar-refractivity contribution in [1.82, 2.24) is 24.8 Å². The van der Waals surface area contributed by atoms with E-state index in [4.69, 9.17) is 0 Å². The van der Waals surface area contributed by atoms with Crippen molar-refractivity contribution in [1.29, 1.82) is 0 Å². The summed E-state index contributed by atoms with van der Waals surface area (Å²) in [6, 6.07) is 10.1. The molecular formula is C27H25F4N5O4. The van der Waals surface area contributed by atoms with Crippen molar-refractivity contribution in [3.05, 3.63) is 98.3 Å². The molecule has 2 aromatic heterocycles. The second-order valence-corrected chi connectivity index (χ2v) is 10.1. The molecule has 2 aliphatic rings. The lowest BCUT2D eigenvalue weighted by atomic mass is 9.77. The largest absolute Gasteiger partial charge is 0.342 e. The predicted octanol–water partition coefficient (Wildman–Crippen LogP) is 2.43. The van der Waals surface area contributed by atoms with Gasteiger partial charge >= 0.3 is 5.69 Å². The van der Waals surface area contributed by atoms with Crippen LogP contribution in [0.2, 0.25) is 0 Å². The Labute approximate surface area is 224 Å². The lowest BCUT2D eigenvalue weighted by Crippen LogP contribution is -2.48. The van der Waals surface area contributed by atoms with Crippen LogP contribution >= 0.6 is 0 Å². The molecule has 210 valence electrons. The van der Waals surface area contributed by atoms with Crippen molar-refractivity contribution in [3.63, 3.8) is 0 Å². The minimum absolute atomic E-state index is 0.0677. The molecule has 9 nitrogen and oxygen atoms in total. The summed E-state index contributed by atoms with van der Waals surface area (Å²) < 4.78 is 57.0. The van der Waals surface area contributed by atoms with Crippen LogP contribution in [0.5, 0.6) is 0 Å². The van der Waals surface area contributed by atoms with E-state index in [0.29, 0.717) is 5.56 Å². The highest BCUT2D eigenvalue weighted by molar-refractivity contribution is 5.88. The third kappa shape index (κ3) is 5.68. The van der Waals surface area contributed by atoms with Crippen molar-refractivity contribution in [2.24, 2.45) is 0 Å². The van der Waals surface area contributed by atoms with Crippen LogP contribution in [0.4, 0.5) is 17.6 Å². The molecule has 0 radical (unpaired) electrons. The molecule has 1 saturated heterocycles. The number of likely N-dealkylation sites (tertiary alicyclic amines) is 1. The molecule has 3 aromatic rings. The van der Waals surface area contributed by atoms with Gasteiger partial charge in [0.2, 0.25) is 23.7 Å². The third-order valence-corrected chi connectivity index (χ3v) is 7.22. The first-order valence-corrected chi connectivity index (χ1v) is 12.6. The highest BCUT2D eigenvalue weighted by Gasteiger charge is 2.47. The van der Waals surface area contributed by atoms with Crippen LogP contribution in [-0.2, 0) is 16.1 Å². The summed E-state index contributed by atoms with van der Waals surface area (Å²) in [5, 5.41) is 2.73. The molecule has 3 heterocycles. The van der Waals surface area contributed by atoms with Crippen LogP contribution in [0.25, 0.3) is 0 Å². The number of halogens is 4. The number of carbonyl (C=O) groups is 2. The van der Waals surface area contributed by atoms with Crippen LogP contribution < -0.4 is 16.6 Å². The molecule has 5 rings (SSSR count). The molecular weight excluding hydrogens is 534 g/mol. The number of aromatic amines is 1. The Morgan fingerprint density at radius 2 is 1.82 bits per heavy atom. The zero-order valence-corrected chi connectivity index (χ0v) is 21.0. The molecule has 2 fully saturated rings. The van der Waals surface area contributed by atoms with Gasteiger partial charge in [-0.1, -0.05) is 36.4 Å². The number of nitrogens with zero attached hydrogens (tertiary/aromatic N) is 3. The van der Waals surface area contributed by atoms with Crippen molar-refractivity contribution in [2.75, 3.05) is 6.54 Å². The van der Waals surface area contributed by atoms with E-state index in [-0.39, 0.29) is 24.2 Å². The first kappa shape index (κ1) is 27.3. The Bertz CT molecular complexity index is 1540. The Kier molecular flexibility index (Phi) is 7.30. The van der Waals surface area contributed by atoms with Gasteiger partial charge in [0.25, 0.3) is 5.56 Å². The number of carbonyl (C=O) groups excluding carboxylic acids is 2. The quantitative estimate of drug-likeness (QED) is 0.341. The highest BCUT2D eigenvalue weighted by atomic mass is 19.3. The fraction of sp³-hybridized carbons (Fsp3) is 0.370. The minimum atomic E-state index is -2.83. The first-order chi connectivity index (χ1) is 19.0.